The van der Waals surface area contributed by atoms with E-state index in [-0.39, 0.29) is 30.0 Å². The van der Waals surface area contributed by atoms with E-state index in [1.165, 1.54) is 12.0 Å². The van der Waals surface area contributed by atoms with Crippen molar-refractivity contribution in [2.75, 3.05) is 40.0 Å². The Bertz CT molecular complexity index is 727. The van der Waals surface area contributed by atoms with E-state index in [1.807, 2.05) is 17.3 Å². The molecule has 0 N–H and O–H groups in total. The minimum Gasteiger partial charge on any atom is -0.382 e. The van der Waals surface area contributed by atoms with E-state index in [4.69, 9.17) is 9.47 Å². The van der Waals surface area contributed by atoms with Gasteiger partial charge in [-0.2, -0.15) is 0 Å². The average molecular weight is 416 g/mol. The van der Waals surface area contributed by atoms with E-state index in [1.54, 1.807) is 7.11 Å². The van der Waals surface area contributed by atoms with Gasteiger partial charge >= 0.3 is 0 Å². The smallest absolute Gasteiger partial charge is 0.248 e. The van der Waals surface area contributed by atoms with Gasteiger partial charge in [-0.05, 0) is 43.4 Å². The van der Waals surface area contributed by atoms with Crippen molar-refractivity contribution in [3.05, 3.63) is 30.1 Å². The van der Waals surface area contributed by atoms with Gasteiger partial charge in [0.1, 0.15) is 6.61 Å². The molecule has 0 bridgehead atoms. The highest BCUT2D eigenvalue weighted by Gasteiger charge is 2.62. The number of hydrogen-bond acceptors (Lipinski definition) is 5. The number of carbonyl (C=O) groups excluding carboxylic acids is 2. The van der Waals surface area contributed by atoms with Crippen molar-refractivity contribution in [1.29, 1.82) is 0 Å². The SMILES string of the molecule is COCCOCC(=O)N1CCC(N2C(=O)C3(CCCCC3)C2c2ccncc2)CC1. The molecule has 3 heterocycles. The fraction of sp³-hybridized carbons (Fsp3) is 0.696. The number of carbonyl (C=O) groups is 2. The number of β-lactam (4-membered cyclic amide) rings is 1. The van der Waals surface area contributed by atoms with Gasteiger partial charge in [0.15, 0.2) is 0 Å². The Labute approximate surface area is 178 Å². The van der Waals surface area contributed by atoms with Crippen molar-refractivity contribution in [2.45, 2.75) is 57.0 Å². The van der Waals surface area contributed by atoms with Crippen molar-refractivity contribution in [3.8, 4) is 0 Å². The highest BCUT2D eigenvalue weighted by Crippen LogP contribution is 2.59. The Morgan fingerprint density at radius 1 is 1.13 bits per heavy atom. The van der Waals surface area contributed by atoms with Crippen LogP contribution in [-0.2, 0) is 19.1 Å². The first-order valence-electron chi connectivity index (χ1n) is 11.2. The summed E-state index contributed by atoms with van der Waals surface area (Å²) in [5.41, 5.74) is 0.985. The van der Waals surface area contributed by atoms with Crippen LogP contribution >= 0.6 is 0 Å². The van der Waals surface area contributed by atoms with Crippen LogP contribution < -0.4 is 0 Å². The van der Waals surface area contributed by atoms with Crippen LogP contribution in [0.5, 0.6) is 0 Å². The van der Waals surface area contributed by atoms with Crippen LogP contribution in [0, 0.1) is 5.41 Å². The number of aromatic nitrogens is 1. The summed E-state index contributed by atoms with van der Waals surface area (Å²) in [4.78, 5) is 34.0. The summed E-state index contributed by atoms with van der Waals surface area (Å²) in [6.07, 6.45) is 10.8. The number of nitrogens with zero attached hydrogens (tertiary/aromatic N) is 3. The molecule has 0 aromatic carbocycles. The van der Waals surface area contributed by atoms with Gasteiger partial charge in [0.25, 0.3) is 0 Å². The highest BCUT2D eigenvalue weighted by atomic mass is 16.5. The first-order chi connectivity index (χ1) is 14.7. The Balaban J connectivity index is 1.40. The van der Waals surface area contributed by atoms with E-state index in [9.17, 15) is 9.59 Å². The van der Waals surface area contributed by atoms with Gasteiger partial charge < -0.3 is 19.3 Å². The third-order valence-corrected chi connectivity index (χ3v) is 7.10. The Morgan fingerprint density at radius 2 is 1.83 bits per heavy atom. The zero-order chi connectivity index (χ0) is 21.0. The molecule has 30 heavy (non-hydrogen) atoms. The summed E-state index contributed by atoms with van der Waals surface area (Å²) in [6.45, 7) is 2.37. The topological polar surface area (TPSA) is 72.0 Å². The van der Waals surface area contributed by atoms with Gasteiger partial charge in [-0.25, -0.2) is 0 Å². The lowest BCUT2D eigenvalue weighted by Crippen LogP contribution is -2.67. The second-order valence-electron chi connectivity index (χ2n) is 8.77. The van der Waals surface area contributed by atoms with Crippen LogP contribution in [0.4, 0.5) is 0 Å². The average Bonchev–Trinajstić information content (AvgIpc) is 2.81. The number of pyridine rings is 1. The van der Waals surface area contributed by atoms with Gasteiger partial charge in [-0.3, -0.25) is 14.6 Å². The van der Waals surface area contributed by atoms with Crippen molar-refractivity contribution in [2.24, 2.45) is 5.41 Å². The normalized spacial score (nSPS) is 24.2. The van der Waals surface area contributed by atoms with Crippen molar-refractivity contribution < 1.29 is 19.1 Å². The summed E-state index contributed by atoms with van der Waals surface area (Å²) in [7, 11) is 1.61. The quantitative estimate of drug-likeness (QED) is 0.506. The number of methoxy groups -OCH3 is 1. The van der Waals surface area contributed by atoms with Gasteiger partial charge in [0.05, 0.1) is 24.7 Å². The molecule has 1 unspecified atom stereocenters. The molecule has 2 aliphatic heterocycles. The van der Waals surface area contributed by atoms with Crippen LogP contribution in [0.2, 0.25) is 0 Å². The second kappa shape index (κ2) is 9.43. The number of piperidine rings is 1. The predicted octanol–water partition coefficient (Wildman–Crippen LogP) is 2.57. The Kier molecular flexibility index (Phi) is 6.68. The van der Waals surface area contributed by atoms with Gasteiger partial charge in [-0.1, -0.05) is 19.3 Å². The summed E-state index contributed by atoms with van der Waals surface area (Å²) >= 11 is 0. The standard InChI is InChI=1S/C23H33N3O4/c1-29-15-16-30-17-20(27)25-13-7-19(8-14-25)26-21(18-5-11-24-12-6-18)23(22(26)28)9-3-2-4-10-23/h5-6,11-12,19,21H,2-4,7-10,13-17H2,1H3. The zero-order valence-corrected chi connectivity index (χ0v) is 17.9. The van der Waals surface area contributed by atoms with Crippen LogP contribution in [0.25, 0.3) is 0 Å². The van der Waals surface area contributed by atoms with E-state index in [2.05, 4.69) is 22.0 Å². The molecule has 7 nitrogen and oxygen atoms in total. The van der Waals surface area contributed by atoms with Crippen LogP contribution in [0.3, 0.4) is 0 Å². The molecule has 4 rings (SSSR count). The van der Waals surface area contributed by atoms with Crippen molar-refractivity contribution in [1.82, 2.24) is 14.8 Å². The number of likely N-dealkylation sites (tertiary alicyclic amines) is 2. The molecule has 3 fully saturated rings. The molecule has 2 saturated heterocycles. The monoisotopic (exact) mass is 415 g/mol. The molecule has 7 heteroatoms. The molecule has 1 spiro atoms. The number of hydrogen-bond donors (Lipinski definition) is 0. The lowest BCUT2D eigenvalue weighted by atomic mass is 9.59. The summed E-state index contributed by atoms with van der Waals surface area (Å²) in [5, 5.41) is 0. The third-order valence-electron chi connectivity index (χ3n) is 7.10. The lowest BCUT2D eigenvalue weighted by Gasteiger charge is -2.61. The second-order valence-corrected chi connectivity index (χ2v) is 8.77. The molecule has 1 saturated carbocycles. The van der Waals surface area contributed by atoms with Crippen LogP contribution in [0.15, 0.2) is 24.5 Å². The first-order valence-corrected chi connectivity index (χ1v) is 11.2. The fourth-order valence-electron chi connectivity index (χ4n) is 5.55. The number of ether oxygens (including phenoxy) is 2. The molecule has 1 atom stereocenters. The molecule has 2 amide bonds. The summed E-state index contributed by atoms with van der Waals surface area (Å²) < 4.78 is 10.3. The van der Waals surface area contributed by atoms with Gasteiger partial charge in [-0.15, -0.1) is 0 Å². The first kappa shape index (κ1) is 21.2. The van der Waals surface area contributed by atoms with Crippen LogP contribution in [0.1, 0.15) is 56.6 Å². The van der Waals surface area contributed by atoms with Gasteiger partial charge in [0, 0.05) is 38.6 Å². The fourth-order valence-corrected chi connectivity index (χ4v) is 5.55. The molecule has 3 aliphatic rings. The van der Waals surface area contributed by atoms with Gasteiger partial charge in [0.2, 0.25) is 11.8 Å². The molecule has 0 radical (unpaired) electrons. The van der Waals surface area contributed by atoms with Crippen LogP contribution in [-0.4, -0.2) is 72.7 Å². The number of amides is 2. The Hall–Kier alpha value is -1.99. The van der Waals surface area contributed by atoms with E-state index in [0.29, 0.717) is 32.2 Å². The summed E-state index contributed by atoms with van der Waals surface area (Å²) in [6, 6.07) is 4.48. The molecule has 1 aromatic heterocycles. The number of rotatable bonds is 7. The maximum Gasteiger partial charge on any atom is 0.248 e. The Morgan fingerprint density at radius 3 is 2.50 bits per heavy atom. The lowest BCUT2D eigenvalue weighted by molar-refractivity contribution is -0.187. The molecule has 164 valence electrons. The minimum absolute atomic E-state index is 0.0222. The van der Waals surface area contributed by atoms with E-state index < -0.39 is 0 Å². The summed E-state index contributed by atoms with van der Waals surface area (Å²) in [5.74, 6) is 0.352. The maximum absolute atomic E-state index is 13.4. The van der Waals surface area contributed by atoms with E-state index in [0.717, 1.165) is 38.5 Å². The largest absolute Gasteiger partial charge is 0.382 e. The molecular weight excluding hydrogens is 382 g/mol. The predicted molar refractivity (Wildman–Crippen MR) is 112 cm³/mol. The maximum atomic E-state index is 13.4. The minimum atomic E-state index is -0.220. The molecular formula is C23H33N3O4. The zero-order valence-electron chi connectivity index (χ0n) is 17.9. The van der Waals surface area contributed by atoms with E-state index >= 15 is 0 Å². The molecule has 1 aliphatic carbocycles. The third kappa shape index (κ3) is 3.97. The highest BCUT2D eigenvalue weighted by molar-refractivity contribution is 5.91. The van der Waals surface area contributed by atoms with Crippen molar-refractivity contribution in [3.63, 3.8) is 0 Å². The van der Waals surface area contributed by atoms with Crippen molar-refractivity contribution >= 4 is 11.8 Å². The molecule has 1 aromatic rings.